The van der Waals surface area contributed by atoms with Crippen LogP contribution in [0, 0.1) is 0 Å². The Morgan fingerprint density at radius 1 is 0.897 bits per heavy atom. The van der Waals surface area contributed by atoms with Crippen LogP contribution in [0.3, 0.4) is 0 Å². The zero-order valence-corrected chi connectivity index (χ0v) is 16.6. The van der Waals surface area contributed by atoms with Gasteiger partial charge in [-0.2, -0.15) is 0 Å². The maximum atomic E-state index is 12.4. The summed E-state index contributed by atoms with van der Waals surface area (Å²) in [5, 5.41) is 6.05. The predicted molar refractivity (Wildman–Crippen MR) is 111 cm³/mol. The zero-order chi connectivity index (χ0) is 20.6. The molecule has 3 rings (SSSR count). The Kier molecular flexibility index (Phi) is 6.52. The lowest BCUT2D eigenvalue weighted by Gasteiger charge is -2.12. The van der Waals surface area contributed by atoms with Crippen molar-refractivity contribution in [2.24, 2.45) is 0 Å². The molecular weight excluding hydrogens is 370 g/mol. The highest BCUT2D eigenvalue weighted by atomic mass is 16.5. The minimum absolute atomic E-state index is 0.196. The molecule has 7 nitrogen and oxygen atoms in total. The molecule has 150 valence electrons. The van der Waals surface area contributed by atoms with Gasteiger partial charge in [-0.25, -0.2) is 4.98 Å². The number of pyridine rings is 1. The number of anilines is 2. The van der Waals surface area contributed by atoms with Gasteiger partial charge in [0.1, 0.15) is 23.1 Å². The second-order valence-electron chi connectivity index (χ2n) is 6.15. The van der Waals surface area contributed by atoms with Gasteiger partial charge in [0.05, 0.1) is 32.6 Å². The molecule has 0 unspecified atom stereocenters. The summed E-state index contributed by atoms with van der Waals surface area (Å²) in [5.74, 6) is 2.53. The van der Waals surface area contributed by atoms with E-state index in [-0.39, 0.29) is 5.91 Å². The molecular formula is C22H23N3O4. The van der Waals surface area contributed by atoms with Crippen LogP contribution in [0.1, 0.15) is 15.9 Å². The molecule has 0 fully saturated rings. The minimum atomic E-state index is -0.196. The van der Waals surface area contributed by atoms with E-state index in [1.807, 2.05) is 42.5 Å². The van der Waals surface area contributed by atoms with Gasteiger partial charge in [-0.1, -0.05) is 12.1 Å². The normalized spacial score (nSPS) is 10.2. The molecule has 1 aromatic heterocycles. The van der Waals surface area contributed by atoms with Crippen molar-refractivity contribution in [2.75, 3.05) is 26.6 Å². The summed E-state index contributed by atoms with van der Waals surface area (Å²) in [7, 11) is 4.81. The third kappa shape index (κ3) is 5.16. The lowest BCUT2D eigenvalue weighted by molar-refractivity contribution is 0.0950. The van der Waals surface area contributed by atoms with E-state index in [2.05, 4.69) is 15.6 Å². The highest BCUT2D eigenvalue weighted by molar-refractivity contribution is 5.94. The Labute approximate surface area is 169 Å². The maximum Gasteiger partial charge on any atom is 0.253 e. The smallest absolute Gasteiger partial charge is 0.253 e. The molecule has 2 aromatic carbocycles. The van der Waals surface area contributed by atoms with Crippen molar-refractivity contribution in [3.05, 3.63) is 71.9 Å². The quantitative estimate of drug-likeness (QED) is 0.606. The number of hydrogen-bond acceptors (Lipinski definition) is 6. The maximum absolute atomic E-state index is 12.4. The molecule has 0 radical (unpaired) electrons. The second-order valence-corrected chi connectivity index (χ2v) is 6.15. The monoisotopic (exact) mass is 393 g/mol. The van der Waals surface area contributed by atoms with Crippen LogP contribution in [0.4, 0.5) is 11.5 Å². The molecule has 1 heterocycles. The molecule has 29 heavy (non-hydrogen) atoms. The Hall–Kier alpha value is -3.74. The first-order chi connectivity index (χ1) is 14.1. The number of aromatic nitrogens is 1. The first kappa shape index (κ1) is 20.0. The third-order valence-corrected chi connectivity index (χ3v) is 4.31. The molecule has 0 aliphatic carbocycles. The Morgan fingerprint density at radius 2 is 1.62 bits per heavy atom. The van der Waals surface area contributed by atoms with Crippen molar-refractivity contribution in [3.63, 3.8) is 0 Å². The average Bonchev–Trinajstić information content (AvgIpc) is 2.78. The largest absolute Gasteiger partial charge is 0.497 e. The SMILES string of the molecule is COc1ccc(CNC(=O)c2ccc(Nc3cc(OC)ccc3OC)nc2)cc1. The van der Waals surface area contributed by atoms with Crippen molar-refractivity contribution < 1.29 is 19.0 Å². The van der Waals surface area contributed by atoms with Crippen LogP contribution in [0.15, 0.2) is 60.8 Å². The number of carbonyl (C=O) groups excluding carboxylic acids is 1. The number of nitrogens with zero attached hydrogens (tertiary/aromatic N) is 1. The molecule has 0 atom stereocenters. The van der Waals surface area contributed by atoms with Gasteiger partial charge in [0.2, 0.25) is 0 Å². The highest BCUT2D eigenvalue weighted by Gasteiger charge is 2.09. The number of nitrogens with one attached hydrogen (secondary N) is 2. The summed E-state index contributed by atoms with van der Waals surface area (Å²) < 4.78 is 15.7. The van der Waals surface area contributed by atoms with Crippen molar-refractivity contribution in [2.45, 2.75) is 6.54 Å². The number of rotatable bonds is 8. The van der Waals surface area contributed by atoms with Crippen molar-refractivity contribution in [1.29, 1.82) is 0 Å². The van der Waals surface area contributed by atoms with Gasteiger partial charge in [0.25, 0.3) is 5.91 Å². The van der Waals surface area contributed by atoms with Crippen LogP contribution in [0.2, 0.25) is 0 Å². The summed E-state index contributed by atoms with van der Waals surface area (Å²) in [4.78, 5) is 16.7. The fourth-order valence-electron chi connectivity index (χ4n) is 2.68. The van der Waals surface area contributed by atoms with Crippen LogP contribution < -0.4 is 24.8 Å². The Bertz CT molecular complexity index is 957. The van der Waals surface area contributed by atoms with E-state index < -0.39 is 0 Å². The van der Waals surface area contributed by atoms with Crippen LogP contribution >= 0.6 is 0 Å². The molecule has 3 aromatic rings. The van der Waals surface area contributed by atoms with E-state index in [0.29, 0.717) is 29.4 Å². The standard InChI is InChI=1S/C22H23N3O4/c1-27-17-7-4-15(5-8-17)13-24-22(26)16-6-11-21(23-14-16)25-19-12-18(28-2)9-10-20(19)29-3/h4-12,14H,13H2,1-3H3,(H,23,25)(H,24,26). The van der Waals surface area contributed by atoms with Crippen molar-refractivity contribution in [1.82, 2.24) is 10.3 Å². The molecule has 1 amide bonds. The topological polar surface area (TPSA) is 81.7 Å². The zero-order valence-electron chi connectivity index (χ0n) is 16.6. The third-order valence-electron chi connectivity index (χ3n) is 4.31. The van der Waals surface area contributed by atoms with Gasteiger partial charge >= 0.3 is 0 Å². The van der Waals surface area contributed by atoms with Gasteiger partial charge in [-0.05, 0) is 42.0 Å². The molecule has 0 saturated heterocycles. The number of hydrogen-bond donors (Lipinski definition) is 2. The molecule has 7 heteroatoms. The number of ether oxygens (including phenoxy) is 3. The number of amides is 1. The summed E-state index contributed by atoms with van der Waals surface area (Å²) in [5.41, 5.74) is 2.17. The first-order valence-electron chi connectivity index (χ1n) is 8.99. The fraction of sp³-hybridized carbons (Fsp3) is 0.182. The average molecular weight is 393 g/mol. The van der Waals surface area contributed by atoms with Gasteiger partial charge < -0.3 is 24.8 Å². The number of carbonyl (C=O) groups is 1. The first-order valence-corrected chi connectivity index (χ1v) is 8.99. The van der Waals surface area contributed by atoms with Crippen LogP contribution in [0.25, 0.3) is 0 Å². The summed E-state index contributed by atoms with van der Waals surface area (Å²) in [6.07, 6.45) is 1.53. The van der Waals surface area contributed by atoms with E-state index >= 15 is 0 Å². The molecule has 0 spiro atoms. The van der Waals surface area contributed by atoms with E-state index in [4.69, 9.17) is 14.2 Å². The molecule has 0 aliphatic heterocycles. The Balaban J connectivity index is 1.62. The number of benzene rings is 2. The van der Waals surface area contributed by atoms with Crippen molar-refractivity contribution in [3.8, 4) is 17.2 Å². The molecule has 0 saturated carbocycles. The predicted octanol–water partition coefficient (Wildman–Crippen LogP) is 3.78. The van der Waals surface area contributed by atoms with E-state index in [1.165, 1.54) is 6.20 Å². The van der Waals surface area contributed by atoms with Crippen LogP contribution in [-0.2, 0) is 6.54 Å². The lowest BCUT2D eigenvalue weighted by atomic mass is 10.2. The molecule has 2 N–H and O–H groups in total. The van der Waals surface area contributed by atoms with E-state index in [0.717, 1.165) is 17.0 Å². The fourth-order valence-corrected chi connectivity index (χ4v) is 2.68. The molecule has 0 bridgehead atoms. The summed E-state index contributed by atoms with van der Waals surface area (Å²) in [6, 6.07) is 16.4. The van der Waals surface area contributed by atoms with E-state index in [1.54, 1.807) is 33.5 Å². The minimum Gasteiger partial charge on any atom is -0.497 e. The van der Waals surface area contributed by atoms with Gasteiger partial charge in [0.15, 0.2) is 0 Å². The van der Waals surface area contributed by atoms with Gasteiger partial charge in [-0.15, -0.1) is 0 Å². The second kappa shape index (κ2) is 9.45. The summed E-state index contributed by atoms with van der Waals surface area (Å²) in [6.45, 7) is 0.420. The van der Waals surface area contributed by atoms with E-state index in [9.17, 15) is 4.79 Å². The van der Waals surface area contributed by atoms with Gasteiger partial charge in [-0.3, -0.25) is 4.79 Å². The number of methoxy groups -OCH3 is 3. The summed E-state index contributed by atoms with van der Waals surface area (Å²) >= 11 is 0. The lowest BCUT2D eigenvalue weighted by Crippen LogP contribution is -2.22. The van der Waals surface area contributed by atoms with Crippen molar-refractivity contribution >= 4 is 17.4 Å². The van der Waals surface area contributed by atoms with Crippen LogP contribution in [0.5, 0.6) is 17.2 Å². The van der Waals surface area contributed by atoms with Crippen LogP contribution in [-0.4, -0.2) is 32.2 Å². The van der Waals surface area contributed by atoms with Gasteiger partial charge in [0, 0.05) is 18.8 Å². The molecule has 0 aliphatic rings. The highest BCUT2D eigenvalue weighted by Crippen LogP contribution is 2.30. The Morgan fingerprint density at radius 3 is 2.24 bits per heavy atom.